The van der Waals surface area contributed by atoms with E-state index < -0.39 is 17.7 Å². The van der Waals surface area contributed by atoms with Crippen molar-refractivity contribution < 1.29 is 13.9 Å². The topological polar surface area (TPSA) is 32.3 Å². The first kappa shape index (κ1) is 15.4. The van der Waals surface area contributed by atoms with Gasteiger partial charge in [-0.05, 0) is 24.8 Å². The van der Waals surface area contributed by atoms with Crippen molar-refractivity contribution in [3.8, 4) is 0 Å². The van der Waals surface area contributed by atoms with Crippen LogP contribution in [0, 0.1) is 17.6 Å². The standard InChI is InChI=1S/C16H23F2NO/c1-11-5-3-2-4-6-15(11)19-10-16(20)13-8-7-12(17)9-14(13)18/h7-9,11,15-16,19-20H,2-6,10H2,1H3. The van der Waals surface area contributed by atoms with E-state index in [2.05, 4.69) is 12.2 Å². The molecular weight excluding hydrogens is 260 g/mol. The number of aliphatic hydroxyl groups excluding tert-OH is 1. The van der Waals surface area contributed by atoms with Gasteiger partial charge in [-0.2, -0.15) is 0 Å². The average molecular weight is 283 g/mol. The van der Waals surface area contributed by atoms with Gasteiger partial charge in [0.05, 0.1) is 6.10 Å². The van der Waals surface area contributed by atoms with Gasteiger partial charge in [0.1, 0.15) is 11.6 Å². The maximum atomic E-state index is 13.6. The zero-order chi connectivity index (χ0) is 14.5. The zero-order valence-electron chi connectivity index (χ0n) is 11.9. The van der Waals surface area contributed by atoms with Crippen molar-refractivity contribution in [2.24, 2.45) is 5.92 Å². The third-order valence-corrected chi connectivity index (χ3v) is 4.26. The van der Waals surface area contributed by atoms with Gasteiger partial charge in [0.15, 0.2) is 0 Å². The van der Waals surface area contributed by atoms with E-state index in [1.807, 2.05) is 0 Å². The smallest absolute Gasteiger partial charge is 0.131 e. The summed E-state index contributed by atoms with van der Waals surface area (Å²) in [5.41, 5.74) is 0.153. The highest BCUT2D eigenvalue weighted by Crippen LogP contribution is 2.24. The van der Waals surface area contributed by atoms with Crippen LogP contribution in [0.2, 0.25) is 0 Å². The molecule has 0 amide bonds. The van der Waals surface area contributed by atoms with Gasteiger partial charge in [-0.25, -0.2) is 8.78 Å². The van der Waals surface area contributed by atoms with Crippen LogP contribution >= 0.6 is 0 Å². The summed E-state index contributed by atoms with van der Waals surface area (Å²) < 4.78 is 26.4. The van der Waals surface area contributed by atoms with E-state index in [1.54, 1.807) is 0 Å². The zero-order valence-corrected chi connectivity index (χ0v) is 11.9. The van der Waals surface area contributed by atoms with E-state index >= 15 is 0 Å². The highest BCUT2D eigenvalue weighted by atomic mass is 19.1. The maximum Gasteiger partial charge on any atom is 0.131 e. The molecule has 3 atom stereocenters. The van der Waals surface area contributed by atoms with Crippen molar-refractivity contribution >= 4 is 0 Å². The lowest BCUT2D eigenvalue weighted by Gasteiger charge is -2.24. The summed E-state index contributed by atoms with van der Waals surface area (Å²) in [6.07, 6.45) is 5.07. The van der Waals surface area contributed by atoms with Crippen LogP contribution in [0.4, 0.5) is 8.78 Å². The summed E-state index contributed by atoms with van der Waals surface area (Å²) >= 11 is 0. The SMILES string of the molecule is CC1CCCCCC1NCC(O)c1ccc(F)cc1F. The molecule has 2 nitrogen and oxygen atoms in total. The van der Waals surface area contributed by atoms with E-state index in [9.17, 15) is 13.9 Å². The fraction of sp³-hybridized carbons (Fsp3) is 0.625. The number of aliphatic hydroxyl groups is 1. The van der Waals surface area contributed by atoms with Gasteiger partial charge in [0, 0.05) is 24.2 Å². The molecule has 0 aromatic heterocycles. The second kappa shape index (κ2) is 7.14. The number of halogens is 2. The minimum Gasteiger partial charge on any atom is -0.387 e. The number of hydrogen-bond donors (Lipinski definition) is 2. The summed E-state index contributed by atoms with van der Waals surface area (Å²) in [5, 5.41) is 13.4. The van der Waals surface area contributed by atoms with Crippen LogP contribution in [-0.2, 0) is 0 Å². The summed E-state index contributed by atoms with van der Waals surface area (Å²) in [7, 11) is 0. The summed E-state index contributed by atoms with van der Waals surface area (Å²) in [6, 6.07) is 3.67. The molecule has 1 saturated carbocycles. The minimum absolute atomic E-state index is 0.153. The number of nitrogens with one attached hydrogen (secondary N) is 1. The fourth-order valence-electron chi connectivity index (χ4n) is 2.94. The lowest BCUT2D eigenvalue weighted by atomic mass is 9.96. The molecule has 4 heteroatoms. The monoisotopic (exact) mass is 283 g/mol. The molecule has 1 aromatic carbocycles. The molecule has 2 N–H and O–H groups in total. The first-order chi connectivity index (χ1) is 9.58. The van der Waals surface area contributed by atoms with Crippen molar-refractivity contribution in [2.45, 2.75) is 51.2 Å². The molecule has 0 radical (unpaired) electrons. The molecule has 0 aliphatic heterocycles. The van der Waals surface area contributed by atoms with Crippen LogP contribution in [0.3, 0.4) is 0 Å². The van der Waals surface area contributed by atoms with Gasteiger partial charge in [-0.15, -0.1) is 0 Å². The molecule has 1 aliphatic rings. The number of hydrogen-bond acceptors (Lipinski definition) is 2. The second-order valence-electron chi connectivity index (χ2n) is 5.81. The molecular formula is C16H23F2NO. The van der Waals surface area contributed by atoms with Gasteiger partial charge < -0.3 is 10.4 Å². The quantitative estimate of drug-likeness (QED) is 0.828. The maximum absolute atomic E-state index is 13.6. The Hall–Kier alpha value is -1.00. The third kappa shape index (κ3) is 4.00. The Bertz CT molecular complexity index is 438. The molecule has 0 heterocycles. The van der Waals surface area contributed by atoms with Crippen LogP contribution in [0.15, 0.2) is 18.2 Å². The summed E-state index contributed by atoms with van der Waals surface area (Å²) in [4.78, 5) is 0. The molecule has 0 saturated heterocycles. The van der Waals surface area contributed by atoms with Gasteiger partial charge >= 0.3 is 0 Å². The highest BCUT2D eigenvalue weighted by molar-refractivity contribution is 5.21. The Morgan fingerprint density at radius 1 is 1.25 bits per heavy atom. The van der Waals surface area contributed by atoms with E-state index in [0.717, 1.165) is 12.5 Å². The Morgan fingerprint density at radius 2 is 2.00 bits per heavy atom. The predicted molar refractivity (Wildman–Crippen MR) is 75.4 cm³/mol. The Morgan fingerprint density at radius 3 is 2.75 bits per heavy atom. The van der Waals surface area contributed by atoms with E-state index in [4.69, 9.17) is 0 Å². The van der Waals surface area contributed by atoms with Crippen molar-refractivity contribution in [3.63, 3.8) is 0 Å². The third-order valence-electron chi connectivity index (χ3n) is 4.26. The molecule has 0 spiro atoms. The number of rotatable bonds is 4. The first-order valence-corrected chi connectivity index (χ1v) is 7.44. The molecule has 1 aromatic rings. The van der Waals surface area contributed by atoms with Gasteiger partial charge in [-0.3, -0.25) is 0 Å². The largest absolute Gasteiger partial charge is 0.387 e. The fourth-order valence-corrected chi connectivity index (χ4v) is 2.94. The van der Waals surface area contributed by atoms with Crippen LogP contribution < -0.4 is 5.32 Å². The average Bonchev–Trinajstić information content (AvgIpc) is 2.61. The molecule has 112 valence electrons. The van der Waals surface area contributed by atoms with Crippen molar-refractivity contribution in [3.05, 3.63) is 35.4 Å². The Balaban J connectivity index is 1.92. The molecule has 2 rings (SSSR count). The molecule has 1 fully saturated rings. The molecule has 3 unspecified atom stereocenters. The summed E-state index contributed by atoms with van der Waals surface area (Å²) in [5.74, 6) is -0.736. The molecule has 1 aliphatic carbocycles. The van der Waals surface area contributed by atoms with Crippen molar-refractivity contribution in [1.82, 2.24) is 5.32 Å². The van der Waals surface area contributed by atoms with Crippen molar-refractivity contribution in [2.75, 3.05) is 6.54 Å². The van der Waals surface area contributed by atoms with Gasteiger partial charge in [0.2, 0.25) is 0 Å². The first-order valence-electron chi connectivity index (χ1n) is 7.44. The summed E-state index contributed by atoms with van der Waals surface area (Å²) in [6.45, 7) is 2.52. The van der Waals surface area contributed by atoms with Gasteiger partial charge in [0.25, 0.3) is 0 Å². The van der Waals surface area contributed by atoms with Crippen molar-refractivity contribution in [1.29, 1.82) is 0 Å². The van der Waals surface area contributed by atoms with Crippen LogP contribution in [0.25, 0.3) is 0 Å². The number of benzene rings is 1. The van der Waals surface area contributed by atoms with Crippen LogP contribution in [-0.4, -0.2) is 17.7 Å². The molecule has 0 bridgehead atoms. The van der Waals surface area contributed by atoms with Crippen LogP contribution in [0.5, 0.6) is 0 Å². The predicted octanol–water partition coefficient (Wildman–Crippen LogP) is 3.56. The Kier molecular flexibility index (Phi) is 5.49. The van der Waals surface area contributed by atoms with Crippen LogP contribution in [0.1, 0.15) is 50.7 Å². The lowest BCUT2D eigenvalue weighted by molar-refractivity contribution is 0.159. The molecule has 20 heavy (non-hydrogen) atoms. The van der Waals surface area contributed by atoms with E-state index in [1.165, 1.54) is 37.8 Å². The lowest BCUT2D eigenvalue weighted by Crippen LogP contribution is -2.37. The Labute approximate surface area is 119 Å². The minimum atomic E-state index is -0.939. The van der Waals surface area contributed by atoms with E-state index in [-0.39, 0.29) is 5.56 Å². The normalized spacial score (nSPS) is 25.2. The second-order valence-corrected chi connectivity index (χ2v) is 5.81. The van der Waals surface area contributed by atoms with E-state index in [0.29, 0.717) is 18.5 Å². The van der Waals surface area contributed by atoms with Gasteiger partial charge in [-0.1, -0.05) is 32.3 Å². The highest BCUT2D eigenvalue weighted by Gasteiger charge is 2.21.